The van der Waals surface area contributed by atoms with Crippen LogP contribution < -0.4 is 0 Å². The Kier molecular flexibility index (Phi) is 4.63. The molecule has 24 heavy (non-hydrogen) atoms. The number of hydrogen-bond acceptors (Lipinski definition) is 4. The molecule has 5 nitrogen and oxygen atoms in total. The molecule has 0 radical (unpaired) electrons. The topological polar surface area (TPSA) is 43.2 Å². The number of pyridine rings is 1. The molecule has 2 aliphatic rings. The van der Waals surface area contributed by atoms with Crippen molar-refractivity contribution in [2.45, 2.75) is 64.4 Å². The first-order chi connectivity index (χ1) is 11.8. The van der Waals surface area contributed by atoms with Crippen molar-refractivity contribution in [3.05, 3.63) is 47.8 Å². The summed E-state index contributed by atoms with van der Waals surface area (Å²) in [7, 11) is 0. The molecule has 2 aromatic rings. The van der Waals surface area contributed by atoms with Crippen molar-refractivity contribution in [3.63, 3.8) is 0 Å². The molecule has 0 N–H and O–H groups in total. The molecule has 0 spiro atoms. The highest BCUT2D eigenvalue weighted by Gasteiger charge is 2.32. The molecule has 1 fully saturated rings. The van der Waals surface area contributed by atoms with Gasteiger partial charge in [-0.05, 0) is 31.9 Å². The van der Waals surface area contributed by atoms with E-state index in [1.165, 1.54) is 37.2 Å². The standard InChI is InChI=1S/C19H26N4O/c1-15-19-21-12-18(14-24-13-16-6-4-5-9-20-16)23(19)11-10-22(15)17-7-2-3-8-17/h4-6,9,12,15,17H,2-3,7-8,10-11,13-14H2,1H3/t15-/m1/s1. The van der Waals surface area contributed by atoms with Gasteiger partial charge in [0.15, 0.2) is 0 Å². The van der Waals surface area contributed by atoms with E-state index in [1.807, 2.05) is 24.4 Å². The van der Waals surface area contributed by atoms with Gasteiger partial charge in [0.2, 0.25) is 0 Å². The smallest absolute Gasteiger partial charge is 0.126 e. The van der Waals surface area contributed by atoms with E-state index in [0.29, 0.717) is 19.3 Å². The molecule has 1 aliphatic carbocycles. The average molecular weight is 326 g/mol. The summed E-state index contributed by atoms with van der Waals surface area (Å²) in [5.41, 5.74) is 2.15. The maximum atomic E-state index is 5.86. The van der Waals surface area contributed by atoms with Crippen LogP contribution in [-0.2, 0) is 24.5 Å². The fraction of sp³-hybridized carbons (Fsp3) is 0.579. The van der Waals surface area contributed by atoms with Crippen LogP contribution in [0.1, 0.15) is 55.9 Å². The lowest BCUT2D eigenvalue weighted by Crippen LogP contribution is -2.43. The number of ether oxygens (including phenoxy) is 1. The molecule has 2 aromatic heterocycles. The lowest BCUT2D eigenvalue weighted by molar-refractivity contribution is 0.0878. The summed E-state index contributed by atoms with van der Waals surface area (Å²) in [4.78, 5) is 11.7. The normalized spacial score (nSPS) is 22.0. The van der Waals surface area contributed by atoms with Crippen LogP contribution in [0.15, 0.2) is 30.6 Å². The third-order valence-corrected chi connectivity index (χ3v) is 5.44. The third kappa shape index (κ3) is 3.10. The second-order valence-corrected chi connectivity index (χ2v) is 6.93. The van der Waals surface area contributed by atoms with Gasteiger partial charge in [0.05, 0.1) is 36.8 Å². The lowest BCUT2D eigenvalue weighted by atomic mass is 10.1. The van der Waals surface area contributed by atoms with Gasteiger partial charge in [-0.15, -0.1) is 0 Å². The maximum absolute atomic E-state index is 5.86. The predicted octanol–water partition coefficient (Wildman–Crippen LogP) is 3.31. The van der Waals surface area contributed by atoms with E-state index in [9.17, 15) is 0 Å². The van der Waals surface area contributed by atoms with E-state index in [0.717, 1.165) is 24.8 Å². The zero-order valence-corrected chi connectivity index (χ0v) is 14.4. The zero-order chi connectivity index (χ0) is 16.4. The molecular weight excluding hydrogens is 300 g/mol. The quantitative estimate of drug-likeness (QED) is 0.845. The summed E-state index contributed by atoms with van der Waals surface area (Å²) in [6.07, 6.45) is 9.27. The van der Waals surface area contributed by atoms with Gasteiger partial charge in [-0.1, -0.05) is 18.9 Å². The first-order valence-corrected chi connectivity index (χ1v) is 9.10. The third-order valence-electron chi connectivity index (χ3n) is 5.44. The first kappa shape index (κ1) is 15.8. The molecule has 0 bridgehead atoms. The molecule has 3 heterocycles. The number of rotatable bonds is 5. The summed E-state index contributed by atoms with van der Waals surface area (Å²) in [6.45, 7) is 5.60. The van der Waals surface area contributed by atoms with Crippen molar-refractivity contribution >= 4 is 0 Å². The van der Waals surface area contributed by atoms with Crippen molar-refractivity contribution in [1.82, 2.24) is 19.4 Å². The van der Waals surface area contributed by atoms with Crippen molar-refractivity contribution in [3.8, 4) is 0 Å². The summed E-state index contributed by atoms with van der Waals surface area (Å²) in [5, 5.41) is 0. The van der Waals surface area contributed by atoms with Crippen LogP contribution in [0.2, 0.25) is 0 Å². The van der Waals surface area contributed by atoms with Gasteiger partial charge < -0.3 is 9.30 Å². The van der Waals surface area contributed by atoms with Gasteiger partial charge in [0.1, 0.15) is 5.82 Å². The SMILES string of the molecule is C[C@@H]1c2ncc(COCc3ccccn3)n2CCN1C1CCCC1. The summed E-state index contributed by atoms with van der Waals surface area (Å²) < 4.78 is 8.21. The van der Waals surface area contributed by atoms with Crippen molar-refractivity contribution in [2.75, 3.05) is 6.54 Å². The lowest BCUT2D eigenvalue weighted by Gasteiger charge is -2.38. The molecular formula is C19H26N4O. The maximum Gasteiger partial charge on any atom is 0.126 e. The molecule has 1 aliphatic heterocycles. The number of nitrogens with zero attached hydrogens (tertiary/aromatic N) is 4. The van der Waals surface area contributed by atoms with Crippen molar-refractivity contribution in [2.24, 2.45) is 0 Å². The van der Waals surface area contributed by atoms with Gasteiger partial charge in [0, 0.05) is 25.3 Å². The van der Waals surface area contributed by atoms with E-state index in [4.69, 9.17) is 9.72 Å². The van der Waals surface area contributed by atoms with E-state index >= 15 is 0 Å². The Morgan fingerprint density at radius 2 is 2.00 bits per heavy atom. The fourth-order valence-corrected chi connectivity index (χ4v) is 4.17. The molecule has 0 saturated heterocycles. The number of fused-ring (bicyclic) bond motifs is 1. The molecule has 0 aromatic carbocycles. The van der Waals surface area contributed by atoms with Gasteiger partial charge in [0.25, 0.3) is 0 Å². The van der Waals surface area contributed by atoms with E-state index in [2.05, 4.69) is 21.4 Å². The van der Waals surface area contributed by atoms with Crippen LogP contribution in [0, 0.1) is 0 Å². The molecule has 0 amide bonds. The summed E-state index contributed by atoms with van der Waals surface area (Å²) in [5.74, 6) is 1.20. The van der Waals surface area contributed by atoms with Gasteiger partial charge in [-0.2, -0.15) is 0 Å². The number of aromatic nitrogens is 3. The second-order valence-electron chi connectivity index (χ2n) is 6.93. The van der Waals surface area contributed by atoms with Gasteiger partial charge in [-0.25, -0.2) is 4.98 Å². The van der Waals surface area contributed by atoms with Gasteiger partial charge in [-0.3, -0.25) is 9.88 Å². The van der Waals surface area contributed by atoms with Crippen molar-refractivity contribution < 1.29 is 4.74 Å². The minimum atomic E-state index is 0.409. The average Bonchev–Trinajstić information content (AvgIpc) is 3.27. The molecule has 4 rings (SSSR count). The molecule has 5 heteroatoms. The highest BCUT2D eigenvalue weighted by atomic mass is 16.5. The molecule has 0 unspecified atom stereocenters. The summed E-state index contributed by atoms with van der Waals surface area (Å²) in [6, 6.07) is 7.08. The minimum Gasteiger partial charge on any atom is -0.369 e. The van der Waals surface area contributed by atoms with Crippen LogP contribution in [-0.4, -0.2) is 32.0 Å². The fourth-order valence-electron chi connectivity index (χ4n) is 4.17. The Hall–Kier alpha value is -1.72. The van der Waals surface area contributed by atoms with E-state index < -0.39 is 0 Å². The van der Waals surface area contributed by atoms with Crippen LogP contribution >= 0.6 is 0 Å². The van der Waals surface area contributed by atoms with Crippen molar-refractivity contribution in [1.29, 1.82) is 0 Å². The predicted molar refractivity (Wildman–Crippen MR) is 92.3 cm³/mol. The highest BCUT2D eigenvalue weighted by molar-refractivity contribution is 5.11. The molecule has 128 valence electrons. The number of imidazole rings is 1. The Balaban J connectivity index is 1.40. The molecule has 1 saturated carbocycles. The Morgan fingerprint density at radius 3 is 2.79 bits per heavy atom. The second kappa shape index (κ2) is 7.03. The zero-order valence-electron chi connectivity index (χ0n) is 14.4. The summed E-state index contributed by atoms with van der Waals surface area (Å²) >= 11 is 0. The monoisotopic (exact) mass is 326 g/mol. The Labute approximate surface area is 143 Å². The van der Waals surface area contributed by atoms with E-state index in [1.54, 1.807) is 6.20 Å². The van der Waals surface area contributed by atoms with E-state index in [-0.39, 0.29) is 0 Å². The Bertz CT molecular complexity index is 663. The number of hydrogen-bond donors (Lipinski definition) is 0. The highest BCUT2D eigenvalue weighted by Crippen LogP contribution is 2.33. The largest absolute Gasteiger partial charge is 0.369 e. The van der Waals surface area contributed by atoms with Crippen LogP contribution in [0.5, 0.6) is 0 Å². The first-order valence-electron chi connectivity index (χ1n) is 9.10. The van der Waals surface area contributed by atoms with Crippen LogP contribution in [0.4, 0.5) is 0 Å². The van der Waals surface area contributed by atoms with Crippen LogP contribution in [0.25, 0.3) is 0 Å². The van der Waals surface area contributed by atoms with Crippen LogP contribution in [0.3, 0.4) is 0 Å². The van der Waals surface area contributed by atoms with Gasteiger partial charge >= 0.3 is 0 Å². The minimum absolute atomic E-state index is 0.409. The molecule has 1 atom stereocenters. The Morgan fingerprint density at radius 1 is 1.12 bits per heavy atom.